The Hall–Kier alpha value is -2.48. The summed E-state index contributed by atoms with van der Waals surface area (Å²) >= 11 is 3.17. The predicted molar refractivity (Wildman–Crippen MR) is 84.4 cm³/mol. The van der Waals surface area contributed by atoms with Crippen LogP contribution in [0.15, 0.2) is 40.9 Å². The maximum Gasteiger partial charge on any atom is 0.277 e. The van der Waals surface area contributed by atoms with Gasteiger partial charge in [-0.1, -0.05) is 28.1 Å². The number of hydrogen-bond donors (Lipinski definition) is 1. The first kappa shape index (κ1) is 16.9. The minimum Gasteiger partial charge on any atom is -0.488 e. The van der Waals surface area contributed by atoms with Gasteiger partial charge in [0.1, 0.15) is 18.2 Å². The van der Waals surface area contributed by atoms with Crippen molar-refractivity contribution in [1.29, 1.82) is 0 Å². The van der Waals surface area contributed by atoms with Crippen LogP contribution < -0.4 is 10.5 Å². The Morgan fingerprint density at radius 3 is 2.52 bits per heavy atom. The molecule has 0 aliphatic heterocycles. The van der Waals surface area contributed by atoms with Gasteiger partial charge in [0.25, 0.3) is 5.69 Å². The van der Waals surface area contributed by atoms with E-state index in [-0.39, 0.29) is 35.8 Å². The number of benzene rings is 2. The average molecular weight is 383 g/mol. The number of ether oxygens (including phenoxy) is 1. The van der Waals surface area contributed by atoms with Crippen LogP contribution in [0.25, 0.3) is 0 Å². The largest absolute Gasteiger partial charge is 0.488 e. The standard InChI is InChI=1S/C15H12BrFN2O4/c16-10-5-13(19(21)22)12(7-15(18)20)14(6-10)23-8-9-1-3-11(17)4-2-9/h1-6H,7-8H2,(H2,18,20). The lowest BCUT2D eigenvalue weighted by atomic mass is 10.1. The second-order valence-electron chi connectivity index (χ2n) is 4.72. The highest BCUT2D eigenvalue weighted by Gasteiger charge is 2.22. The van der Waals surface area contributed by atoms with Crippen LogP contribution in [0.1, 0.15) is 11.1 Å². The number of amides is 1. The third-order valence-electron chi connectivity index (χ3n) is 3.01. The number of nitrogens with zero attached hydrogens (tertiary/aromatic N) is 1. The molecule has 0 saturated carbocycles. The second-order valence-corrected chi connectivity index (χ2v) is 5.63. The van der Waals surface area contributed by atoms with Crippen molar-refractivity contribution in [1.82, 2.24) is 0 Å². The van der Waals surface area contributed by atoms with Crippen LogP contribution in [0.2, 0.25) is 0 Å². The molecule has 2 rings (SSSR count). The first-order valence-electron chi connectivity index (χ1n) is 6.49. The van der Waals surface area contributed by atoms with E-state index < -0.39 is 10.8 Å². The van der Waals surface area contributed by atoms with Gasteiger partial charge in [0.15, 0.2) is 0 Å². The van der Waals surface area contributed by atoms with Gasteiger partial charge in [-0.25, -0.2) is 4.39 Å². The van der Waals surface area contributed by atoms with Gasteiger partial charge >= 0.3 is 0 Å². The fourth-order valence-electron chi connectivity index (χ4n) is 1.98. The summed E-state index contributed by atoms with van der Waals surface area (Å²) in [5.74, 6) is -0.905. The monoisotopic (exact) mass is 382 g/mol. The molecule has 0 aliphatic rings. The third kappa shape index (κ3) is 4.49. The van der Waals surface area contributed by atoms with Crippen LogP contribution in [0.5, 0.6) is 5.75 Å². The lowest BCUT2D eigenvalue weighted by Crippen LogP contribution is -2.16. The highest BCUT2D eigenvalue weighted by atomic mass is 79.9. The van der Waals surface area contributed by atoms with E-state index in [2.05, 4.69) is 15.9 Å². The molecule has 0 aliphatic carbocycles. The number of halogens is 2. The van der Waals surface area contributed by atoms with Crippen LogP contribution in [-0.2, 0) is 17.8 Å². The normalized spacial score (nSPS) is 10.3. The van der Waals surface area contributed by atoms with Crippen molar-refractivity contribution in [3.8, 4) is 5.75 Å². The van der Waals surface area contributed by atoms with Crippen LogP contribution in [0.3, 0.4) is 0 Å². The summed E-state index contributed by atoms with van der Waals surface area (Å²) in [6.45, 7) is 0.0691. The summed E-state index contributed by atoms with van der Waals surface area (Å²) < 4.78 is 18.9. The number of nitrogens with two attached hydrogens (primary N) is 1. The number of hydrogen-bond acceptors (Lipinski definition) is 4. The molecule has 0 saturated heterocycles. The van der Waals surface area contributed by atoms with E-state index in [1.807, 2.05) is 0 Å². The summed E-state index contributed by atoms with van der Waals surface area (Å²) in [4.78, 5) is 21.7. The van der Waals surface area contributed by atoms with Gasteiger partial charge in [-0.2, -0.15) is 0 Å². The summed E-state index contributed by atoms with van der Waals surface area (Å²) in [5.41, 5.74) is 5.68. The fraction of sp³-hybridized carbons (Fsp3) is 0.133. The molecule has 6 nitrogen and oxygen atoms in total. The minimum absolute atomic E-state index is 0.0691. The van der Waals surface area contributed by atoms with E-state index >= 15 is 0 Å². The van der Waals surface area contributed by atoms with Crippen LogP contribution in [0, 0.1) is 15.9 Å². The van der Waals surface area contributed by atoms with Gasteiger partial charge in [-0.3, -0.25) is 14.9 Å². The predicted octanol–water partition coefficient (Wildman–Crippen LogP) is 3.10. The van der Waals surface area contributed by atoms with Gasteiger partial charge in [0, 0.05) is 10.5 Å². The first-order valence-corrected chi connectivity index (χ1v) is 7.28. The van der Waals surface area contributed by atoms with Crippen molar-refractivity contribution < 1.29 is 18.8 Å². The summed E-state index contributed by atoms with van der Waals surface area (Å²) in [5, 5.41) is 11.2. The summed E-state index contributed by atoms with van der Waals surface area (Å²) in [6.07, 6.45) is -0.317. The maximum absolute atomic E-state index is 12.9. The molecule has 0 aromatic heterocycles. The molecular weight excluding hydrogens is 371 g/mol. The maximum atomic E-state index is 12.9. The van der Waals surface area contributed by atoms with Crippen molar-refractivity contribution in [2.24, 2.45) is 5.73 Å². The van der Waals surface area contributed by atoms with Crippen LogP contribution >= 0.6 is 15.9 Å². The summed E-state index contributed by atoms with van der Waals surface area (Å²) in [7, 11) is 0. The van der Waals surface area contributed by atoms with Crippen molar-refractivity contribution in [2.75, 3.05) is 0 Å². The number of rotatable bonds is 6. The molecule has 120 valence electrons. The second kappa shape index (κ2) is 7.19. The SMILES string of the molecule is NC(=O)Cc1c(OCc2ccc(F)cc2)cc(Br)cc1[N+](=O)[O-]. The van der Waals surface area contributed by atoms with E-state index in [1.54, 1.807) is 0 Å². The zero-order chi connectivity index (χ0) is 17.0. The molecule has 0 bridgehead atoms. The Labute approximate surface area is 139 Å². The van der Waals surface area contributed by atoms with Gasteiger partial charge in [-0.15, -0.1) is 0 Å². The Morgan fingerprint density at radius 2 is 1.96 bits per heavy atom. The Morgan fingerprint density at radius 1 is 1.30 bits per heavy atom. The van der Waals surface area contributed by atoms with Gasteiger partial charge in [-0.05, 0) is 23.8 Å². The third-order valence-corrected chi connectivity index (χ3v) is 3.46. The van der Waals surface area contributed by atoms with E-state index in [0.717, 1.165) is 0 Å². The van der Waals surface area contributed by atoms with Crippen LogP contribution in [0.4, 0.5) is 10.1 Å². The van der Waals surface area contributed by atoms with E-state index in [1.165, 1.54) is 36.4 Å². The minimum atomic E-state index is -0.706. The van der Waals surface area contributed by atoms with E-state index in [0.29, 0.717) is 10.0 Å². The number of nitro benzene ring substituents is 1. The molecule has 2 aromatic rings. The van der Waals surface area contributed by atoms with Crippen molar-refractivity contribution in [3.63, 3.8) is 0 Å². The smallest absolute Gasteiger partial charge is 0.277 e. The van der Waals surface area contributed by atoms with E-state index in [9.17, 15) is 19.3 Å². The quantitative estimate of drug-likeness (QED) is 0.613. The topological polar surface area (TPSA) is 95.5 Å². The molecule has 0 spiro atoms. The molecule has 0 radical (unpaired) electrons. The fourth-order valence-corrected chi connectivity index (χ4v) is 2.41. The lowest BCUT2D eigenvalue weighted by molar-refractivity contribution is -0.385. The molecule has 1 amide bonds. The first-order chi connectivity index (χ1) is 10.9. The highest BCUT2D eigenvalue weighted by Crippen LogP contribution is 2.33. The molecule has 0 unspecified atom stereocenters. The van der Waals surface area contributed by atoms with Crippen molar-refractivity contribution in [3.05, 3.63) is 67.9 Å². The Bertz CT molecular complexity index is 750. The zero-order valence-corrected chi connectivity index (χ0v) is 13.4. The molecule has 0 fully saturated rings. The van der Waals surface area contributed by atoms with Gasteiger partial charge < -0.3 is 10.5 Å². The Kier molecular flexibility index (Phi) is 5.28. The van der Waals surface area contributed by atoms with Gasteiger partial charge in [0.2, 0.25) is 5.91 Å². The van der Waals surface area contributed by atoms with Crippen LogP contribution in [-0.4, -0.2) is 10.8 Å². The Balaban J connectivity index is 2.33. The molecule has 0 atom stereocenters. The number of carbonyl (C=O) groups is 1. The number of primary amides is 1. The van der Waals surface area contributed by atoms with E-state index in [4.69, 9.17) is 10.5 Å². The molecule has 8 heteroatoms. The number of nitro groups is 1. The molecule has 2 N–H and O–H groups in total. The molecule has 23 heavy (non-hydrogen) atoms. The van der Waals surface area contributed by atoms with Crippen molar-refractivity contribution >= 4 is 27.5 Å². The summed E-state index contributed by atoms with van der Waals surface area (Å²) in [6, 6.07) is 8.45. The molecule has 0 heterocycles. The zero-order valence-electron chi connectivity index (χ0n) is 11.8. The van der Waals surface area contributed by atoms with Gasteiger partial charge in [0.05, 0.1) is 16.9 Å². The molecular formula is C15H12BrFN2O4. The molecule has 2 aromatic carbocycles. The lowest BCUT2D eigenvalue weighted by Gasteiger charge is -2.12. The average Bonchev–Trinajstić information content (AvgIpc) is 2.48. The van der Waals surface area contributed by atoms with Crippen molar-refractivity contribution in [2.45, 2.75) is 13.0 Å². The highest BCUT2D eigenvalue weighted by molar-refractivity contribution is 9.10. The number of carbonyl (C=O) groups excluding carboxylic acids is 1.